The van der Waals surface area contributed by atoms with Crippen LogP contribution in [0.4, 0.5) is 11.4 Å². The van der Waals surface area contributed by atoms with Gasteiger partial charge in [0.25, 0.3) is 0 Å². The number of amides is 1. The monoisotopic (exact) mass is 345 g/mol. The molecule has 0 atom stereocenters. The average Bonchev–Trinajstić information content (AvgIpc) is 2.61. The molecule has 1 aromatic carbocycles. The molecule has 0 aliphatic carbocycles. The Labute approximate surface area is 132 Å². The first-order valence-corrected chi connectivity index (χ1v) is 7.72. The minimum Gasteiger partial charge on any atom is -0.399 e. The normalized spacial score (nSPS) is 14.7. The number of hydrogen-bond acceptors (Lipinski definition) is 3. The van der Waals surface area contributed by atoms with Crippen molar-refractivity contribution in [2.24, 2.45) is 0 Å². The molecule has 0 unspecified atom stereocenters. The Morgan fingerprint density at radius 3 is 2.86 bits per heavy atom. The van der Waals surface area contributed by atoms with Gasteiger partial charge in [-0.2, -0.15) is 0 Å². The third kappa shape index (κ3) is 3.08. The fourth-order valence-electron chi connectivity index (χ4n) is 2.60. The third-order valence-corrected chi connectivity index (χ3v) is 4.11. The van der Waals surface area contributed by atoms with E-state index in [1.54, 1.807) is 6.20 Å². The standard InChI is InChI=1S/C16H16BrN3O/c17-12-4-6-14(19-9-12)10-20-15-7-5-13(18)8-11(15)2-1-3-16(20)21/h4-9H,1-3,10,18H2. The lowest BCUT2D eigenvalue weighted by Crippen LogP contribution is -2.30. The zero-order chi connectivity index (χ0) is 14.8. The minimum atomic E-state index is 0.142. The number of anilines is 2. The fraction of sp³-hybridized carbons (Fsp3) is 0.250. The Balaban J connectivity index is 1.95. The van der Waals surface area contributed by atoms with E-state index in [1.807, 2.05) is 35.2 Å². The van der Waals surface area contributed by atoms with Crippen molar-refractivity contribution in [1.29, 1.82) is 0 Å². The first-order valence-electron chi connectivity index (χ1n) is 6.93. The third-order valence-electron chi connectivity index (χ3n) is 3.64. The van der Waals surface area contributed by atoms with E-state index in [0.29, 0.717) is 13.0 Å². The molecule has 1 aliphatic rings. The van der Waals surface area contributed by atoms with Crippen molar-refractivity contribution in [2.75, 3.05) is 10.6 Å². The van der Waals surface area contributed by atoms with Crippen molar-refractivity contribution in [3.05, 3.63) is 52.3 Å². The molecule has 0 saturated carbocycles. The zero-order valence-corrected chi connectivity index (χ0v) is 13.1. The van der Waals surface area contributed by atoms with Crippen LogP contribution in [0.5, 0.6) is 0 Å². The number of carbonyl (C=O) groups is 1. The number of nitrogen functional groups attached to an aromatic ring is 1. The second kappa shape index (κ2) is 5.85. The summed E-state index contributed by atoms with van der Waals surface area (Å²) in [6.45, 7) is 0.489. The van der Waals surface area contributed by atoms with Gasteiger partial charge in [-0.1, -0.05) is 0 Å². The number of aromatic nitrogens is 1. The first kappa shape index (κ1) is 14.1. The van der Waals surface area contributed by atoms with E-state index >= 15 is 0 Å². The molecular weight excluding hydrogens is 330 g/mol. The molecule has 0 bridgehead atoms. The SMILES string of the molecule is Nc1ccc2c(c1)CCCC(=O)N2Cc1ccc(Br)cn1. The predicted octanol–water partition coefficient (Wildman–Crippen LogP) is 3.30. The van der Waals surface area contributed by atoms with E-state index in [4.69, 9.17) is 5.73 Å². The molecule has 0 spiro atoms. The van der Waals surface area contributed by atoms with E-state index in [2.05, 4.69) is 20.9 Å². The molecule has 2 aromatic rings. The molecular formula is C16H16BrN3O. The van der Waals surface area contributed by atoms with Gasteiger partial charge in [0.15, 0.2) is 0 Å². The number of hydrogen-bond donors (Lipinski definition) is 1. The van der Waals surface area contributed by atoms with Crippen LogP contribution >= 0.6 is 15.9 Å². The summed E-state index contributed by atoms with van der Waals surface area (Å²) in [7, 11) is 0. The predicted molar refractivity (Wildman–Crippen MR) is 86.9 cm³/mol. The minimum absolute atomic E-state index is 0.142. The molecule has 5 heteroatoms. The lowest BCUT2D eigenvalue weighted by atomic mass is 10.1. The molecule has 2 N–H and O–H groups in total. The Morgan fingerprint density at radius 2 is 2.10 bits per heavy atom. The van der Waals surface area contributed by atoms with Crippen molar-refractivity contribution < 1.29 is 4.79 Å². The summed E-state index contributed by atoms with van der Waals surface area (Å²) in [6, 6.07) is 9.62. The largest absolute Gasteiger partial charge is 0.399 e. The van der Waals surface area contributed by atoms with Crippen LogP contribution in [-0.4, -0.2) is 10.9 Å². The maximum Gasteiger partial charge on any atom is 0.227 e. The molecule has 0 radical (unpaired) electrons. The number of nitrogens with two attached hydrogens (primary N) is 1. The topological polar surface area (TPSA) is 59.2 Å². The van der Waals surface area contributed by atoms with Gasteiger partial charge in [-0.05, 0) is 64.7 Å². The maximum atomic E-state index is 12.4. The van der Waals surface area contributed by atoms with Crippen LogP contribution in [0, 0.1) is 0 Å². The highest BCUT2D eigenvalue weighted by molar-refractivity contribution is 9.10. The number of carbonyl (C=O) groups excluding carboxylic acids is 1. The number of halogens is 1. The number of rotatable bonds is 2. The Kier molecular flexibility index (Phi) is 3.92. The lowest BCUT2D eigenvalue weighted by Gasteiger charge is -2.23. The van der Waals surface area contributed by atoms with Gasteiger partial charge in [-0.15, -0.1) is 0 Å². The first-order chi connectivity index (χ1) is 10.1. The maximum absolute atomic E-state index is 12.4. The lowest BCUT2D eigenvalue weighted by molar-refractivity contribution is -0.118. The van der Waals surface area contributed by atoms with Crippen LogP contribution in [0.3, 0.4) is 0 Å². The summed E-state index contributed by atoms with van der Waals surface area (Å²) in [6.07, 6.45) is 4.06. The Morgan fingerprint density at radius 1 is 1.24 bits per heavy atom. The molecule has 3 rings (SSSR count). The van der Waals surface area contributed by atoms with E-state index in [0.717, 1.165) is 39.9 Å². The van der Waals surface area contributed by atoms with Crippen molar-refractivity contribution in [3.8, 4) is 0 Å². The summed E-state index contributed by atoms with van der Waals surface area (Å²) < 4.78 is 0.932. The summed E-state index contributed by atoms with van der Waals surface area (Å²) in [4.78, 5) is 18.6. The molecule has 2 heterocycles. The van der Waals surface area contributed by atoms with E-state index in [9.17, 15) is 4.79 Å². The molecule has 1 aromatic heterocycles. The molecule has 0 fully saturated rings. The van der Waals surface area contributed by atoms with Crippen molar-refractivity contribution in [2.45, 2.75) is 25.8 Å². The smallest absolute Gasteiger partial charge is 0.227 e. The van der Waals surface area contributed by atoms with E-state index < -0.39 is 0 Å². The van der Waals surface area contributed by atoms with Crippen molar-refractivity contribution >= 4 is 33.2 Å². The van der Waals surface area contributed by atoms with E-state index in [-0.39, 0.29) is 5.91 Å². The highest BCUT2D eigenvalue weighted by atomic mass is 79.9. The Hall–Kier alpha value is -1.88. The van der Waals surface area contributed by atoms with Crippen LogP contribution in [0.1, 0.15) is 24.1 Å². The summed E-state index contributed by atoms with van der Waals surface area (Å²) in [5, 5.41) is 0. The van der Waals surface area contributed by atoms with Crippen LogP contribution in [0.25, 0.3) is 0 Å². The summed E-state index contributed by atoms with van der Waals surface area (Å²) in [5.74, 6) is 0.142. The second-order valence-electron chi connectivity index (χ2n) is 5.19. The van der Waals surface area contributed by atoms with Gasteiger partial charge in [0.1, 0.15) is 0 Å². The molecule has 108 valence electrons. The number of pyridine rings is 1. The van der Waals surface area contributed by atoms with Gasteiger partial charge in [0, 0.05) is 28.5 Å². The van der Waals surface area contributed by atoms with Gasteiger partial charge >= 0.3 is 0 Å². The molecule has 4 nitrogen and oxygen atoms in total. The van der Waals surface area contributed by atoms with Crippen LogP contribution in [-0.2, 0) is 17.8 Å². The zero-order valence-electron chi connectivity index (χ0n) is 11.6. The molecule has 0 saturated heterocycles. The summed E-state index contributed by atoms with van der Waals surface area (Å²) in [5.41, 5.74) is 9.57. The summed E-state index contributed by atoms with van der Waals surface area (Å²) >= 11 is 3.37. The molecule has 1 aliphatic heterocycles. The van der Waals surface area contributed by atoms with Crippen molar-refractivity contribution in [3.63, 3.8) is 0 Å². The number of benzene rings is 1. The van der Waals surface area contributed by atoms with Gasteiger partial charge in [-0.25, -0.2) is 0 Å². The second-order valence-corrected chi connectivity index (χ2v) is 6.11. The quantitative estimate of drug-likeness (QED) is 0.849. The number of nitrogens with zero attached hydrogens (tertiary/aromatic N) is 2. The average molecular weight is 346 g/mol. The Bertz CT molecular complexity index is 670. The van der Waals surface area contributed by atoms with Crippen LogP contribution in [0.2, 0.25) is 0 Å². The highest BCUT2D eigenvalue weighted by Gasteiger charge is 2.22. The van der Waals surface area contributed by atoms with Gasteiger partial charge in [0.2, 0.25) is 5.91 Å². The number of fused-ring (bicyclic) bond motifs is 1. The van der Waals surface area contributed by atoms with Crippen molar-refractivity contribution in [1.82, 2.24) is 4.98 Å². The van der Waals surface area contributed by atoms with Gasteiger partial charge < -0.3 is 10.6 Å². The van der Waals surface area contributed by atoms with Crippen LogP contribution in [0.15, 0.2) is 41.0 Å². The molecule has 1 amide bonds. The fourth-order valence-corrected chi connectivity index (χ4v) is 2.84. The van der Waals surface area contributed by atoms with Gasteiger partial charge in [0.05, 0.1) is 12.2 Å². The van der Waals surface area contributed by atoms with Gasteiger partial charge in [-0.3, -0.25) is 9.78 Å². The van der Waals surface area contributed by atoms with E-state index in [1.165, 1.54) is 0 Å². The number of aryl methyl sites for hydroxylation is 1. The van der Waals surface area contributed by atoms with Crippen LogP contribution < -0.4 is 10.6 Å². The molecule has 21 heavy (non-hydrogen) atoms. The highest BCUT2D eigenvalue weighted by Crippen LogP contribution is 2.29.